The molecule has 0 spiro atoms. The first-order valence-electron chi connectivity index (χ1n) is 5.97. The van der Waals surface area contributed by atoms with Gasteiger partial charge in [0.1, 0.15) is 5.82 Å². The van der Waals surface area contributed by atoms with E-state index in [1.165, 1.54) is 6.07 Å². The van der Waals surface area contributed by atoms with E-state index in [-0.39, 0.29) is 11.4 Å². The van der Waals surface area contributed by atoms with Gasteiger partial charge in [0.25, 0.3) is 0 Å². The molecule has 1 aliphatic heterocycles. The normalized spacial score (nSPS) is 23.7. The number of nitrogens with one attached hydrogen (secondary N) is 1. The van der Waals surface area contributed by atoms with Crippen LogP contribution in [0.2, 0.25) is 0 Å². The van der Waals surface area contributed by atoms with Gasteiger partial charge in [0.2, 0.25) is 0 Å². The first-order valence-corrected chi connectivity index (χ1v) is 7.75. The summed E-state index contributed by atoms with van der Waals surface area (Å²) in [7, 11) is 0. The highest BCUT2D eigenvalue weighted by Crippen LogP contribution is 2.30. The fourth-order valence-electron chi connectivity index (χ4n) is 1.73. The summed E-state index contributed by atoms with van der Waals surface area (Å²) >= 11 is 4.99. The first kappa shape index (κ1) is 13.9. The molecule has 0 saturated heterocycles. The van der Waals surface area contributed by atoms with Crippen molar-refractivity contribution in [3.8, 4) is 0 Å². The Morgan fingerprint density at radius 3 is 3.06 bits per heavy atom. The number of nitrogens with zero attached hydrogens (tertiary/aromatic N) is 1. The highest BCUT2D eigenvalue weighted by molar-refractivity contribution is 9.10. The molecular weight excluding hydrogens is 315 g/mol. The van der Waals surface area contributed by atoms with Gasteiger partial charge in [-0.3, -0.25) is 4.99 Å². The van der Waals surface area contributed by atoms with Crippen molar-refractivity contribution in [2.75, 3.05) is 11.1 Å². The SMILES string of the molecule is CCC1(C)CCSC(Nc2cc(Br)ccc2F)=N1. The Balaban J connectivity index is 2.21. The van der Waals surface area contributed by atoms with Crippen molar-refractivity contribution >= 4 is 38.5 Å². The van der Waals surface area contributed by atoms with Crippen LogP contribution in [0, 0.1) is 5.82 Å². The van der Waals surface area contributed by atoms with E-state index < -0.39 is 0 Å². The zero-order valence-corrected chi connectivity index (χ0v) is 12.9. The quantitative estimate of drug-likeness (QED) is 0.852. The topological polar surface area (TPSA) is 24.4 Å². The number of hydrogen-bond acceptors (Lipinski definition) is 3. The number of benzene rings is 1. The van der Waals surface area contributed by atoms with Gasteiger partial charge in [0.05, 0.1) is 11.2 Å². The third-order valence-electron chi connectivity index (χ3n) is 3.18. The lowest BCUT2D eigenvalue weighted by atomic mass is 9.97. The minimum atomic E-state index is -0.259. The summed E-state index contributed by atoms with van der Waals surface area (Å²) in [5, 5.41) is 3.90. The van der Waals surface area contributed by atoms with E-state index in [1.54, 1.807) is 23.9 Å². The fourth-order valence-corrected chi connectivity index (χ4v) is 3.29. The highest BCUT2D eigenvalue weighted by Gasteiger charge is 2.26. The summed E-state index contributed by atoms with van der Waals surface area (Å²) < 4.78 is 14.5. The lowest BCUT2D eigenvalue weighted by Gasteiger charge is -2.29. The van der Waals surface area contributed by atoms with E-state index in [2.05, 4.69) is 40.1 Å². The lowest BCUT2D eigenvalue weighted by Crippen LogP contribution is -2.29. The minimum absolute atomic E-state index is 0.0178. The molecule has 98 valence electrons. The van der Waals surface area contributed by atoms with E-state index in [0.717, 1.165) is 28.2 Å². The number of thioether (sulfide) groups is 1. The summed E-state index contributed by atoms with van der Waals surface area (Å²) in [6.45, 7) is 4.28. The van der Waals surface area contributed by atoms with Crippen molar-refractivity contribution in [3.63, 3.8) is 0 Å². The van der Waals surface area contributed by atoms with E-state index in [0.29, 0.717) is 5.69 Å². The summed E-state index contributed by atoms with van der Waals surface area (Å²) in [5.41, 5.74) is 0.451. The second kappa shape index (κ2) is 5.61. The zero-order valence-electron chi connectivity index (χ0n) is 10.5. The summed E-state index contributed by atoms with van der Waals surface area (Å²) in [6.07, 6.45) is 2.07. The molecule has 0 amide bonds. The molecule has 1 N–H and O–H groups in total. The number of halogens is 2. The van der Waals surface area contributed by atoms with Crippen LogP contribution in [0.5, 0.6) is 0 Å². The summed E-state index contributed by atoms with van der Waals surface area (Å²) in [6, 6.07) is 4.86. The molecule has 0 aromatic heterocycles. The van der Waals surface area contributed by atoms with Crippen molar-refractivity contribution in [1.29, 1.82) is 0 Å². The maximum atomic E-state index is 13.7. The van der Waals surface area contributed by atoms with Crippen LogP contribution in [-0.4, -0.2) is 16.5 Å². The van der Waals surface area contributed by atoms with Crippen molar-refractivity contribution in [2.24, 2.45) is 4.99 Å². The van der Waals surface area contributed by atoms with Gasteiger partial charge in [0.15, 0.2) is 5.17 Å². The van der Waals surface area contributed by atoms with Crippen molar-refractivity contribution < 1.29 is 4.39 Å². The van der Waals surface area contributed by atoms with Gasteiger partial charge >= 0.3 is 0 Å². The average molecular weight is 331 g/mol. The Morgan fingerprint density at radius 1 is 1.56 bits per heavy atom. The summed E-state index contributed by atoms with van der Waals surface area (Å²) in [5.74, 6) is 0.761. The van der Waals surface area contributed by atoms with Crippen LogP contribution in [-0.2, 0) is 0 Å². The number of rotatable bonds is 2. The number of aliphatic imine (C=N–C) groups is 1. The second-order valence-electron chi connectivity index (χ2n) is 4.62. The smallest absolute Gasteiger partial charge is 0.161 e. The molecule has 0 fully saturated rings. The van der Waals surface area contributed by atoms with Gasteiger partial charge in [-0.05, 0) is 38.0 Å². The van der Waals surface area contributed by atoms with Crippen LogP contribution >= 0.6 is 27.7 Å². The maximum Gasteiger partial charge on any atom is 0.161 e. The number of amidine groups is 1. The number of hydrogen-bond donors (Lipinski definition) is 1. The van der Waals surface area contributed by atoms with Crippen LogP contribution in [0.15, 0.2) is 27.7 Å². The Kier molecular flexibility index (Phi) is 4.33. The van der Waals surface area contributed by atoms with Crippen molar-refractivity contribution in [2.45, 2.75) is 32.2 Å². The third-order valence-corrected chi connectivity index (χ3v) is 4.55. The van der Waals surface area contributed by atoms with E-state index in [9.17, 15) is 4.39 Å². The molecule has 18 heavy (non-hydrogen) atoms. The molecule has 5 heteroatoms. The Morgan fingerprint density at radius 2 is 2.33 bits per heavy atom. The van der Waals surface area contributed by atoms with Crippen LogP contribution in [0.3, 0.4) is 0 Å². The van der Waals surface area contributed by atoms with Crippen LogP contribution in [0.1, 0.15) is 26.7 Å². The zero-order chi connectivity index (χ0) is 13.2. The van der Waals surface area contributed by atoms with Crippen molar-refractivity contribution in [3.05, 3.63) is 28.5 Å². The molecule has 2 rings (SSSR count). The molecule has 1 aliphatic rings. The Hall–Kier alpha value is -0.550. The fraction of sp³-hybridized carbons (Fsp3) is 0.462. The summed E-state index contributed by atoms with van der Waals surface area (Å²) in [4.78, 5) is 4.68. The van der Waals surface area contributed by atoms with Gasteiger partial charge in [0, 0.05) is 10.2 Å². The highest BCUT2D eigenvalue weighted by atomic mass is 79.9. The van der Waals surface area contributed by atoms with Crippen LogP contribution in [0.4, 0.5) is 10.1 Å². The van der Waals surface area contributed by atoms with Gasteiger partial charge in [-0.25, -0.2) is 4.39 Å². The molecule has 1 atom stereocenters. The second-order valence-corrected chi connectivity index (χ2v) is 6.61. The molecule has 1 heterocycles. The minimum Gasteiger partial charge on any atom is -0.333 e. The van der Waals surface area contributed by atoms with Gasteiger partial charge in [-0.1, -0.05) is 34.6 Å². The lowest BCUT2D eigenvalue weighted by molar-refractivity contribution is 0.443. The Labute approximate surface area is 120 Å². The monoisotopic (exact) mass is 330 g/mol. The van der Waals surface area contributed by atoms with Crippen LogP contribution in [0.25, 0.3) is 0 Å². The third kappa shape index (κ3) is 3.26. The molecule has 1 aromatic carbocycles. The predicted octanol–water partition coefficient (Wildman–Crippen LogP) is 4.66. The molecule has 2 nitrogen and oxygen atoms in total. The van der Waals surface area contributed by atoms with Crippen molar-refractivity contribution in [1.82, 2.24) is 0 Å². The first-order chi connectivity index (χ1) is 8.52. The molecular formula is C13H16BrFN2S. The number of anilines is 1. The van der Waals surface area contributed by atoms with E-state index >= 15 is 0 Å². The average Bonchev–Trinajstić information content (AvgIpc) is 2.34. The molecule has 1 unspecified atom stereocenters. The molecule has 0 bridgehead atoms. The standard InChI is InChI=1S/C13H16BrFN2S/c1-3-13(2)6-7-18-12(17-13)16-11-8-9(14)4-5-10(11)15/h4-5,8H,3,6-7H2,1-2H3,(H,16,17). The molecule has 0 saturated carbocycles. The molecule has 0 aliphatic carbocycles. The predicted molar refractivity (Wildman–Crippen MR) is 80.9 cm³/mol. The van der Waals surface area contributed by atoms with Gasteiger partial charge < -0.3 is 5.32 Å². The van der Waals surface area contributed by atoms with E-state index in [4.69, 9.17) is 0 Å². The largest absolute Gasteiger partial charge is 0.333 e. The van der Waals surface area contributed by atoms with Gasteiger partial charge in [-0.2, -0.15) is 0 Å². The maximum absolute atomic E-state index is 13.7. The van der Waals surface area contributed by atoms with Crippen LogP contribution < -0.4 is 5.32 Å². The van der Waals surface area contributed by atoms with Gasteiger partial charge in [-0.15, -0.1) is 0 Å². The Bertz CT molecular complexity index is 478. The van der Waals surface area contributed by atoms with E-state index in [1.807, 2.05) is 0 Å². The molecule has 0 radical (unpaired) electrons. The molecule has 1 aromatic rings.